The molecule has 0 radical (unpaired) electrons. The fraction of sp³-hybridized carbons (Fsp3) is 0. The van der Waals surface area contributed by atoms with Gasteiger partial charge in [-0.15, -0.1) is 4.98 Å². The molecule has 3 aromatic rings. The molecule has 2 aromatic carbocycles. The van der Waals surface area contributed by atoms with Gasteiger partial charge in [0.1, 0.15) is 23.0 Å². The van der Waals surface area contributed by atoms with Crippen LogP contribution in [0.5, 0.6) is 35.0 Å². The Hall–Kier alpha value is -3.06. The average molecular weight is 332 g/mol. The van der Waals surface area contributed by atoms with Crippen LogP contribution in [0.25, 0.3) is 0 Å². The predicted molar refractivity (Wildman–Crippen MR) is 81.2 cm³/mol. The van der Waals surface area contributed by atoms with Crippen LogP contribution in [0.2, 0.25) is 5.28 Å². The van der Waals surface area contributed by atoms with Gasteiger partial charge >= 0.3 is 12.0 Å². The topological polar surface area (TPSA) is 97.6 Å². The van der Waals surface area contributed by atoms with Gasteiger partial charge < -0.3 is 19.7 Å². The zero-order chi connectivity index (χ0) is 16.2. The minimum absolute atomic E-state index is 0.0514. The van der Waals surface area contributed by atoms with Crippen LogP contribution in [0.4, 0.5) is 0 Å². The van der Waals surface area contributed by atoms with E-state index in [-0.39, 0.29) is 28.8 Å². The van der Waals surface area contributed by atoms with E-state index in [4.69, 9.17) is 21.1 Å². The van der Waals surface area contributed by atoms with Crippen LogP contribution in [0.1, 0.15) is 0 Å². The number of phenolic OH excluding ortho intramolecular Hbond substituents is 2. The fourth-order valence-electron chi connectivity index (χ4n) is 1.65. The van der Waals surface area contributed by atoms with Crippen molar-refractivity contribution in [3.8, 4) is 35.0 Å². The monoisotopic (exact) mass is 331 g/mol. The highest BCUT2D eigenvalue weighted by molar-refractivity contribution is 6.28. The summed E-state index contributed by atoms with van der Waals surface area (Å²) in [6, 6.07) is 12.0. The van der Waals surface area contributed by atoms with Crippen LogP contribution in [0.3, 0.4) is 0 Å². The summed E-state index contributed by atoms with van der Waals surface area (Å²) in [5.41, 5.74) is 0. The molecule has 0 spiro atoms. The van der Waals surface area contributed by atoms with Crippen LogP contribution in [-0.2, 0) is 0 Å². The molecule has 0 aliphatic heterocycles. The molecule has 116 valence electrons. The van der Waals surface area contributed by atoms with Gasteiger partial charge in [-0.1, -0.05) is 0 Å². The molecule has 0 saturated carbocycles. The van der Waals surface area contributed by atoms with E-state index < -0.39 is 0 Å². The van der Waals surface area contributed by atoms with Crippen LogP contribution in [0.15, 0.2) is 48.5 Å². The molecule has 0 saturated heterocycles. The maximum atomic E-state index is 9.24. The molecular weight excluding hydrogens is 322 g/mol. The Balaban J connectivity index is 1.81. The van der Waals surface area contributed by atoms with E-state index in [1.54, 1.807) is 24.3 Å². The molecule has 1 heterocycles. The highest BCUT2D eigenvalue weighted by Gasteiger charge is 2.09. The number of nitrogens with zero attached hydrogens (tertiary/aromatic N) is 3. The van der Waals surface area contributed by atoms with Crippen molar-refractivity contribution < 1.29 is 19.7 Å². The van der Waals surface area contributed by atoms with Crippen molar-refractivity contribution in [1.29, 1.82) is 0 Å². The Morgan fingerprint density at radius 1 is 0.652 bits per heavy atom. The second-order valence-corrected chi connectivity index (χ2v) is 4.70. The molecule has 0 atom stereocenters. The zero-order valence-corrected chi connectivity index (χ0v) is 12.3. The van der Waals surface area contributed by atoms with Crippen molar-refractivity contribution in [1.82, 2.24) is 15.0 Å². The van der Waals surface area contributed by atoms with E-state index in [0.717, 1.165) is 0 Å². The summed E-state index contributed by atoms with van der Waals surface area (Å²) in [5.74, 6) is 1.06. The normalized spacial score (nSPS) is 10.3. The first-order valence-electron chi connectivity index (χ1n) is 6.44. The molecule has 8 heteroatoms. The Morgan fingerprint density at radius 2 is 1.04 bits per heavy atom. The summed E-state index contributed by atoms with van der Waals surface area (Å²) in [5, 5.41) is 18.4. The number of benzene rings is 2. The molecule has 2 N–H and O–H groups in total. The number of hydrogen-bond donors (Lipinski definition) is 2. The molecule has 0 aliphatic carbocycles. The maximum absolute atomic E-state index is 9.24. The molecular formula is C15H10ClN3O4. The fourth-order valence-corrected chi connectivity index (χ4v) is 1.79. The van der Waals surface area contributed by atoms with Crippen molar-refractivity contribution in [2.75, 3.05) is 0 Å². The third-order valence-electron chi connectivity index (χ3n) is 2.66. The molecule has 0 amide bonds. The number of hydrogen-bond acceptors (Lipinski definition) is 7. The first-order chi connectivity index (χ1) is 11.1. The summed E-state index contributed by atoms with van der Waals surface area (Å²) < 4.78 is 10.9. The molecule has 3 rings (SSSR count). The second-order valence-electron chi connectivity index (χ2n) is 4.36. The molecule has 0 bridgehead atoms. The lowest BCUT2D eigenvalue weighted by atomic mass is 10.3. The lowest BCUT2D eigenvalue weighted by Crippen LogP contribution is -1.98. The van der Waals surface area contributed by atoms with Gasteiger partial charge in [-0.25, -0.2) is 0 Å². The van der Waals surface area contributed by atoms with Gasteiger partial charge in [0.05, 0.1) is 0 Å². The predicted octanol–water partition coefficient (Wildman–Crippen LogP) is 3.52. The largest absolute Gasteiger partial charge is 0.508 e. The molecule has 7 nitrogen and oxygen atoms in total. The number of ether oxygens (including phenoxy) is 2. The van der Waals surface area contributed by atoms with Crippen LogP contribution in [-0.4, -0.2) is 25.2 Å². The summed E-state index contributed by atoms with van der Waals surface area (Å²) in [6.45, 7) is 0. The van der Waals surface area contributed by atoms with Gasteiger partial charge in [-0.2, -0.15) is 9.97 Å². The summed E-state index contributed by atoms with van der Waals surface area (Å²) in [6.07, 6.45) is 0. The van der Waals surface area contributed by atoms with Gasteiger partial charge in [0, 0.05) is 0 Å². The van der Waals surface area contributed by atoms with Gasteiger partial charge in [0.2, 0.25) is 5.28 Å². The van der Waals surface area contributed by atoms with Gasteiger partial charge in [-0.05, 0) is 60.1 Å². The van der Waals surface area contributed by atoms with Gasteiger partial charge in [0.25, 0.3) is 0 Å². The Labute approximate surface area is 135 Å². The van der Waals surface area contributed by atoms with E-state index in [1.165, 1.54) is 24.3 Å². The van der Waals surface area contributed by atoms with Gasteiger partial charge in [-0.3, -0.25) is 0 Å². The summed E-state index contributed by atoms with van der Waals surface area (Å²) in [4.78, 5) is 11.7. The van der Waals surface area contributed by atoms with Crippen LogP contribution < -0.4 is 9.47 Å². The van der Waals surface area contributed by atoms with Crippen molar-refractivity contribution in [3.63, 3.8) is 0 Å². The SMILES string of the molecule is Oc1ccc(Oc2nc(Cl)nc(Oc3ccc(O)cc3)n2)cc1. The van der Waals surface area contributed by atoms with E-state index in [2.05, 4.69) is 15.0 Å². The van der Waals surface area contributed by atoms with E-state index in [0.29, 0.717) is 11.5 Å². The third kappa shape index (κ3) is 3.98. The second kappa shape index (κ2) is 6.37. The zero-order valence-electron chi connectivity index (χ0n) is 11.5. The highest BCUT2D eigenvalue weighted by atomic mass is 35.5. The third-order valence-corrected chi connectivity index (χ3v) is 2.83. The molecule has 0 unspecified atom stereocenters. The Morgan fingerprint density at radius 3 is 1.43 bits per heavy atom. The van der Waals surface area contributed by atoms with E-state index in [9.17, 15) is 10.2 Å². The summed E-state index contributed by atoms with van der Waals surface area (Å²) in [7, 11) is 0. The number of rotatable bonds is 4. The number of phenols is 2. The Bertz CT molecular complexity index is 744. The minimum atomic E-state index is -0.0949. The standard InChI is InChI=1S/C15H10ClN3O4/c16-13-17-14(22-11-5-1-9(20)2-6-11)19-15(18-13)23-12-7-3-10(21)4-8-12/h1-8,20-21H. The quantitative estimate of drug-likeness (QED) is 0.754. The van der Waals surface area contributed by atoms with E-state index in [1.807, 2.05) is 0 Å². The lowest BCUT2D eigenvalue weighted by Gasteiger charge is -2.07. The Kier molecular flexibility index (Phi) is 4.11. The number of aromatic nitrogens is 3. The molecule has 23 heavy (non-hydrogen) atoms. The van der Waals surface area contributed by atoms with Crippen molar-refractivity contribution in [3.05, 3.63) is 53.8 Å². The lowest BCUT2D eigenvalue weighted by molar-refractivity contribution is 0.395. The first-order valence-corrected chi connectivity index (χ1v) is 6.82. The molecule has 0 fully saturated rings. The molecule has 1 aromatic heterocycles. The van der Waals surface area contributed by atoms with Crippen LogP contribution in [0, 0.1) is 0 Å². The van der Waals surface area contributed by atoms with E-state index >= 15 is 0 Å². The van der Waals surface area contributed by atoms with Crippen molar-refractivity contribution in [2.45, 2.75) is 0 Å². The summed E-state index contributed by atoms with van der Waals surface area (Å²) >= 11 is 5.83. The molecule has 0 aliphatic rings. The minimum Gasteiger partial charge on any atom is -0.508 e. The number of halogens is 1. The van der Waals surface area contributed by atoms with Crippen LogP contribution >= 0.6 is 11.6 Å². The highest BCUT2D eigenvalue weighted by Crippen LogP contribution is 2.25. The number of aromatic hydroxyl groups is 2. The maximum Gasteiger partial charge on any atom is 0.329 e. The van der Waals surface area contributed by atoms with Crippen molar-refractivity contribution >= 4 is 11.6 Å². The van der Waals surface area contributed by atoms with Gasteiger partial charge in [0.15, 0.2) is 0 Å². The van der Waals surface area contributed by atoms with Crippen molar-refractivity contribution in [2.24, 2.45) is 0 Å². The average Bonchev–Trinajstić information content (AvgIpc) is 2.51. The smallest absolute Gasteiger partial charge is 0.329 e. The first kappa shape index (κ1) is 14.9.